The van der Waals surface area contributed by atoms with E-state index in [4.69, 9.17) is 5.73 Å². The first kappa shape index (κ1) is 11.4. The van der Waals surface area contributed by atoms with Gasteiger partial charge in [0.1, 0.15) is 6.61 Å². The smallest absolute Gasteiger partial charge is 0.404 e. The zero-order chi connectivity index (χ0) is 11.4. The molecule has 0 spiro atoms. The quantitative estimate of drug-likeness (QED) is 0.673. The van der Waals surface area contributed by atoms with Gasteiger partial charge < -0.3 is 10.5 Å². The van der Waals surface area contributed by atoms with Crippen LogP contribution >= 0.6 is 15.9 Å². The van der Waals surface area contributed by atoms with Crippen molar-refractivity contribution in [3.05, 3.63) is 38.3 Å². The Kier molecular flexibility index (Phi) is 3.62. The monoisotopic (exact) mass is 274 g/mol. The molecule has 0 heterocycles. The van der Waals surface area contributed by atoms with Gasteiger partial charge in [-0.1, -0.05) is 15.9 Å². The predicted molar refractivity (Wildman–Crippen MR) is 55.2 cm³/mol. The number of ether oxygens (including phenoxy) is 1. The topological polar surface area (TPSA) is 95.5 Å². The number of nitro groups is 1. The van der Waals surface area contributed by atoms with Gasteiger partial charge in [-0.25, -0.2) is 4.79 Å². The summed E-state index contributed by atoms with van der Waals surface area (Å²) in [7, 11) is 0. The second-order valence-corrected chi connectivity index (χ2v) is 3.49. The highest BCUT2D eigenvalue weighted by atomic mass is 79.9. The number of primary amides is 1. The maximum absolute atomic E-state index is 10.5. The maximum atomic E-state index is 10.5. The molecule has 0 saturated carbocycles. The Hall–Kier alpha value is -1.63. The zero-order valence-electron chi connectivity index (χ0n) is 7.47. The summed E-state index contributed by atoms with van der Waals surface area (Å²) >= 11 is 3.17. The molecule has 15 heavy (non-hydrogen) atoms. The van der Waals surface area contributed by atoms with Gasteiger partial charge in [0.05, 0.1) is 4.92 Å². The molecule has 2 N–H and O–H groups in total. The van der Waals surface area contributed by atoms with Crippen molar-refractivity contribution in [2.75, 3.05) is 0 Å². The third kappa shape index (κ3) is 3.21. The Morgan fingerprint density at radius 2 is 2.27 bits per heavy atom. The van der Waals surface area contributed by atoms with Crippen molar-refractivity contribution in [3.8, 4) is 0 Å². The van der Waals surface area contributed by atoms with Gasteiger partial charge in [0.15, 0.2) is 0 Å². The largest absolute Gasteiger partial charge is 0.445 e. The molecule has 80 valence electrons. The van der Waals surface area contributed by atoms with Gasteiger partial charge in [0.2, 0.25) is 0 Å². The highest BCUT2D eigenvalue weighted by Gasteiger charge is 2.10. The summed E-state index contributed by atoms with van der Waals surface area (Å²) in [6.45, 7) is -0.0996. The third-order valence-electron chi connectivity index (χ3n) is 1.61. The minimum atomic E-state index is -0.923. The standard InChI is InChI=1S/C8H7BrN2O4/c9-7-2-1-6(11(13)14)3-5(7)4-15-8(10)12/h1-3H,4H2,(H2,10,12). The Labute approximate surface area is 93.3 Å². The maximum Gasteiger partial charge on any atom is 0.404 e. The van der Waals surface area contributed by atoms with Crippen LogP contribution in [0.15, 0.2) is 22.7 Å². The van der Waals surface area contributed by atoms with E-state index in [9.17, 15) is 14.9 Å². The molecule has 0 atom stereocenters. The van der Waals surface area contributed by atoms with E-state index in [1.807, 2.05) is 0 Å². The molecule has 0 fully saturated rings. The van der Waals surface area contributed by atoms with Crippen molar-refractivity contribution in [1.82, 2.24) is 0 Å². The number of carbonyl (C=O) groups is 1. The summed E-state index contributed by atoms with van der Waals surface area (Å²) in [5.41, 5.74) is 5.20. The van der Waals surface area contributed by atoms with E-state index in [1.165, 1.54) is 18.2 Å². The van der Waals surface area contributed by atoms with E-state index in [-0.39, 0.29) is 12.3 Å². The van der Waals surface area contributed by atoms with E-state index < -0.39 is 11.0 Å². The molecule has 0 bridgehead atoms. The first-order chi connectivity index (χ1) is 7.00. The number of hydrogen-bond donors (Lipinski definition) is 1. The normalized spacial score (nSPS) is 9.67. The summed E-state index contributed by atoms with van der Waals surface area (Å²) in [6, 6.07) is 4.17. The van der Waals surface area contributed by atoms with Crippen LogP contribution in [0.5, 0.6) is 0 Å². The predicted octanol–water partition coefficient (Wildman–Crippen LogP) is 1.95. The lowest BCUT2D eigenvalue weighted by Gasteiger charge is -2.03. The van der Waals surface area contributed by atoms with Gasteiger partial charge in [-0.15, -0.1) is 0 Å². The van der Waals surface area contributed by atoms with Crippen LogP contribution in [-0.4, -0.2) is 11.0 Å². The number of benzene rings is 1. The molecule has 0 radical (unpaired) electrons. The van der Waals surface area contributed by atoms with Gasteiger partial charge in [-0.3, -0.25) is 10.1 Å². The number of hydrogen-bond acceptors (Lipinski definition) is 4. The van der Waals surface area contributed by atoms with Crippen molar-refractivity contribution in [1.29, 1.82) is 0 Å². The Morgan fingerprint density at radius 3 is 2.80 bits per heavy atom. The molecule has 0 aliphatic heterocycles. The molecular formula is C8H7BrN2O4. The number of nitro benzene ring substituents is 1. The van der Waals surface area contributed by atoms with Gasteiger partial charge in [-0.2, -0.15) is 0 Å². The number of nitrogens with zero attached hydrogens (tertiary/aromatic N) is 1. The van der Waals surface area contributed by atoms with Gasteiger partial charge in [0.25, 0.3) is 5.69 Å². The molecule has 7 heteroatoms. The number of halogens is 1. The fraction of sp³-hybridized carbons (Fsp3) is 0.125. The molecule has 0 aliphatic carbocycles. The van der Waals surface area contributed by atoms with Crippen LogP contribution in [0.4, 0.5) is 10.5 Å². The SMILES string of the molecule is NC(=O)OCc1cc([N+](=O)[O-])ccc1Br. The summed E-state index contributed by atoms with van der Waals surface area (Å²) in [5, 5.41) is 10.5. The lowest BCUT2D eigenvalue weighted by molar-refractivity contribution is -0.385. The fourth-order valence-electron chi connectivity index (χ4n) is 0.934. The fourth-order valence-corrected chi connectivity index (χ4v) is 1.30. The molecule has 1 rings (SSSR count). The average Bonchev–Trinajstić information content (AvgIpc) is 2.16. The van der Waals surface area contributed by atoms with Crippen LogP contribution < -0.4 is 5.73 Å². The average molecular weight is 275 g/mol. The Bertz CT molecular complexity index is 408. The van der Waals surface area contributed by atoms with Crippen molar-refractivity contribution in [2.24, 2.45) is 5.73 Å². The Morgan fingerprint density at radius 1 is 1.60 bits per heavy atom. The second kappa shape index (κ2) is 4.74. The molecule has 0 saturated heterocycles. The number of rotatable bonds is 3. The van der Waals surface area contributed by atoms with Crippen molar-refractivity contribution in [2.45, 2.75) is 6.61 Å². The number of non-ortho nitro benzene ring substituents is 1. The van der Waals surface area contributed by atoms with Crippen LogP contribution in [-0.2, 0) is 11.3 Å². The minimum Gasteiger partial charge on any atom is -0.445 e. The van der Waals surface area contributed by atoms with Crippen LogP contribution in [0.2, 0.25) is 0 Å². The van der Waals surface area contributed by atoms with Gasteiger partial charge in [-0.05, 0) is 6.07 Å². The molecule has 1 aromatic rings. The molecule has 0 unspecified atom stereocenters. The lowest BCUT2D eigenvalue weighted by Crippen LogP contribution is -2.12. The molecule has 1 amide bonds. The first-order valence-electron chi connectivity index (χ1n) is 3.85. The van der Waals surface area contributed by atoms with Crippen LogP contribution in [0.25, 0.3) is 0 Å². The second-order valence-electron chi connectivity index (χ2n) is 2.64. The van der Waals surface area contributed by atoms with E-state index in [1.54, 1.807) is 0 Å². The van der Waals surface area contributed by atoms with Crippen LogP contribution in [0.3, 0.4) is 0 Å². The number of amides is 1. The van der Waals surface area contributed by atoms with Gasteiger partial charge in [0, 0.05) is 22.2 Å². The molecule has 0 aromatic heterocycles. The summed E-state index contributed by atoms with van der Waals surface area (Å²) < 4.78 is 5.15. The Balaban J connectivity index is 2.90. The minimum absolute atomic E-state index is 0.0683. The van der Waals surface area contributed by atoms with Crippen molar-refractivity contribution < 1.29 is 14.5 Å². The number of nitrogens with two attached hydrogens (primary N) is 1. The van der Waals surface area contributed by atoms with E-state index >= 15 is 0 Å². The van der Waals surface area contributed by atoms with Crippen LogP contribution in [0.1, 0.15) is 5.56 Å². The summed E-state index contributed by atoms with van der Waals surface area (Å²) in [5.74, 6) is 0. The summed E-state index contributed by atoms with van der Waals surface area (Å²) in [6.07, 6.45) is -0.923. The lowest BCUT2D eigenvalue weighted by atomic mass is 10.2. The number of carbonyl (C=O) groups excluding carboxylic acids is 1. The van der Waals surface area contributed by atoms with Gasteiger partial charge >= 0.3 is 6.09 Å². The highest BCUT2D eigenvalue weighted by molar-refractivity contribution is 9.10. The van der Waals surface area contributed by atoms with E-state index in [2.05, 4.69) is 20.7 Å². The molecular weight excluding hydrogens is 268 g/mol. The highest BCUT2D eigenvalue weighted by Crippen LogP contribution is 2.23. The third-order valence-corrected chi connectivity index (χ3v) is 2.38. The van der Waals surface area contributed by atoms with E-state index in [0.717, 1.165) is 0 Å². The molecule has 6 nitrogen and oxygen atoms in total. The van der Waals surface area contributed by atoms with Crippen molar-refractivity contribution in [3.63, 3.8) is 0 Å². The zero-order valence-corrected chi connectivity index (χ0v) is 9.06. The van der Waals surface area contributed by atoms with Crippen molar-refractivity contribution >= 4 is 27.7 Å². The molecule has 0 aliphatic rings. The summed E-state index contributed by atoms with van der Waals surface area (Å²) in [4.78, 5) is 20.3. The first-order valence-corrected chi connectivity index (χ1v) is 4.65. The molecule has 1 aromatic carbocycles. The van der Waals surface area contributed by atoms with Crippen LogP contribution in [0, 0.1) is 10.1 Å². The van der Waals surface area contributed by atoms with E-state index in [0.29, 0.717) is 10.0 Å².